The molecule has 5 heteroatoms. The summed E-state index contributed by atoms with van der Waals surface area (Å²) in [6.45, 7) is 9.38. The third-order valence-corrected chi connectivity index (χ3v) is 4.22. The molecule has 1 N–H and O–H groups in total. The molecule has 0 radical (unpaired) electrons. The molecule has 1 unspecified atom stereocenters. The Kier molecular flexibility index (Phi) is 6.42. The third kappa shape index (κ3) is 5.55. The van der Waals surface area contributed by atoms with Crippen molar-refractivity contribution in [3.63, 3.8) is 0 Å². The number of hydrogen-bond donors (Lipinski definition) is 1. The van der Waals surface area contributed by atoms with Gasteiger partial charge >= 0.3 is 0 Å². The Balaban J connectivity index is 1.68. The molecule has 1 aliphatic heterocycles. The Labute approximate surface area is 132 Å². The highest BCUT2D eigenvalue weighted by Crippen LogP contribution is 2.14. The summed E-state index contributed by atoms with van der Waals surface area (Å²) in [5.74, 6) is 0.325. The minimum Gasteiger partial charge on any atom is -0.312 e. The smallest absolute Gasteiger partial charge is 0.129 e. The van der Waals surface area contributed by atoms with E-state index in [1.54, 1.807) is 12.1 Å². The van der Waals surface area contributed by atoms with E-state index in [0.717, 1.165) is 39.3 Å². The Morgan fingerprint density at radius 1 is 1.29 bits per heavy atom. The van der Waals surface area contributed by atoms with Crippen LogP contribution in [0.25, 0.3) is 0 Å². The second-order valence-electron chi connectivity index (χ2n) is 6.08. The van der Waals surface area contributed by atoms with E-state index in [9.17, 15) is 4.39 Å². The second-order valence-corrected chi connectivity index (χ2v) is 6.51. The maximum absolute atomic E-state index is 13.6. The van der Waals surface area contributed by atoms with E-state index in [-0.39, 0.29) is 5.82 Å². The normalized spacial score (nSPS) is 18.9. The molecule has 0 bridgehead atoms. The predicted molar refractivity (Wildman–Crippen MR) is 86.2 cm³/mol. The second kappa shape index (κ2) is 8.08. The molecular formula is C16H25ClFN3. The highest BCUT2D eigenvalue weighted by molar-refractivity contribution is 6.30. The minimum atomic E-state index is -0.235. The molecule has 0 aliphatic carbocycles. The van der Waals surface area contributed by atoms with Gasteiger partial charge in [-0.1, -0.05) is 24.6 Å². The first kappa shape index (κ1) is 16.7. The van der Waals surface area contributed by atoms with Gasteiger partial charge in [-0.25, -0.2) is 4.39 Å². The lowest BCUT2D eigenvalue weighted by Gasteiger charge is -2.34. The van der Waals surface area contributed by atoms with Crippen molar-refractivity contribution < 1.29 is 4.39 Å². The molecule has 1 saturated heterocycles. The molecule has 1 aliphatic rings. The average Bonchev–Trinajstić information content (AvgIpc) is 2.44. The summed E-state index contributed by atoms with van der Waals surface area (Å²) in [6, 6.07) is 4.84. The van der Waals surface area contributed by atoms with Gasteiger partial charge in [0.05, 0.1) is 0 Å². The van der Waals surface area contributed by atoms with Gasteiger partial charge in [0, 0.05) is 49.9 Å². The van der Waals surface area contributed by atoms with E-state index >= 15 is 0 Å². The predicted octanol–water partition coefficient (Wildman–Crippen LogP) is 2.45. The Bertz CT molecular complexity index is 447. The van der Waals surface area contributed by atoms with Crippen LogP contribution in [-0.4, -0.2) is 56.1 Å². The standard InChI is InChI=1S/C16H25ClFN3/c1-13(12-21-7-5-20(2)6-8-21)10-19-11-14-3-4-15(17)9-16(14)18/h3-4,9,13,19H,5-8,10-12H2,1-2H3. The molecule has 0 spiro atoms. The van der Waals surface area contributed by atoms with Crippen LogP contribution in [0.15, 0.2) is 18.2 Å². The van der Waals surface area contributed by atoms with Gasteiger partial charge in [0.1, 0.15) is 5.82 Å². The molecular weight excluding hydrogens is 289 g/mol. The number of piperazine rings is 1. The number of nitrogens with zero attached hydrogens (tertiary/aromatic N) is 2. The molecule has 1 aromatic rings. The van der Waals surface area contributed by atoms with Gasteiger partial charge in [-0.2, -0.15) is 0 Å². The first-order valence-electron chi connectivity index (χ1n) is 7.60. The van der Waals surface area contributed by atoms with E-state index in [0.29, 0.717) is 23.0 Å². The number of nitrogens with one attached hydrogen (secondary N) is 1. The van der Waals surface area contributed by atoms with Gasteiger partial charge in [0.2, 0.25) is 0 Å². The van der Waals surface area contributed by atoms with Crippen molar-refractivity contribution in [1.82, 2.24) is 15.1 Å². The lowest BCUT2D eigenvalue weighted by atomic mass is 10.1. The quantitative estimate of drug-likeness (QED) is 0.870. The third-order valence-electron chi connectivity index (χ3n) is 3.99. The SMILES string of the molecule is CC(CNCc1ccc(Cl)cc1F)CN1CCN(C)CC1. The molecule has 1 heterocycles. The van der Waals surface area contributed by atoms with E-state index < -0.39 is 0 Å². The van der Waals surface area contributed by atoms with Crippen molar-refractivity contribution in [2.24, 2.45) is 5.92 Å². The maximum atomic E-state index is 13.6. The monoisotopic (exact) mass is 313 g/mol. The fourth-order valence-corrected chi connectivity index (χ4v) is 2.81. The molecule has 1 atom stereocenters. The van der Waals surface area contributed by atoms with Crippen molar-refractivity contribution in [2.75, 3.05) is 46.3 Å². The van der Waals surface area contributed by atoms with Crippen molar-refractivity contribution in [2.45, 2.75) is 13.5 Å². The van der Waals surface area contributed by atoms with Gasteiger partial charge in [-0.15, -0.1) is 0 Å². The zero-order chi connectivity index (χ0) is 15.2. The maximum Gasteiger partial charge on any atom is 0.129 e. The topological polar surface area (TPSA) is 18.5 Å². The van der Waals surface area contributed by atoms with Crippen molar-refractivity contribution >= 4 is 11.6 Å². The first-order chi connectivity index (χ1) is 10.0. The highest BCUT2D eigenvalue weighted by atomic mass is 35.5. The lowest BCUT2D eigenvalue weighted by Crippen LogP contribution is -2.46. The van der Waals surface area contributed by atoms with Crippen LogP contribution < -0.4 is 5.32 Å². The average molecular weight is 314 g/mol. The Morgan fingerprint density at radius 2 is 2.00 bits per heavy atom. The Hall–Kier alpha value is -0.680. The molecule has 0 amide bonds. The molecule has 2 rings (SSSR count). The molecule has 1 aromatic carbocycles. The fourth-order valence-electron chi connectivity index (χ4n) is 2.65. The number of benzene rings is 1. The fraction of sp³-hybridized carbons (Fsp3) is 0.625. The van der Waals surface area contributed by atoms with Gasteiger partial charge in [-0.3, -0.25) is 0 Å². The number of rotatable bonds is 6. The van der Waals surface area contributed by atoms with E-state index in [4.69, 9.17) is 11.6 Å². The van der Waals surface area contributed by atoms with Crippen LogP contribution in [0.5, 0.6) is 0 Å². The lowest BCUT2D eigenvalue weighted by molar-refractivity contribution is 0.138. The van der Waals surface area contributed by atoms with Crippen molar-refractivity contribution in [3.05, 3.63) is 34.6 Å². The molecule has 21 heavy (non-hydrogen) atoms. The molecule has 1 fully saturated rings. The van der Waals surface area contributed by atoms with Crippen LogP contribution in [-0.2, 0) is 6.54 Å². The zero-order valence-electron chi connectivity index (χ0n) is 12.9. The molecule has 0 aromatic heterocycles. The van der Waals surface area contributed by atoms with Crippen LogP contribution in [0.1, 0.15) is 12.5 Å². The van der Waals surface area contributed by atoms with Gasteiger partial charge in [0.25, 0.3) is 0 Å². The number of likely N-dealkylation sites (N-methyl/N-ethyl adjacent to an activating group) is 1. The van der Waals surface area contributed by atoms with Gasteiger partial charge in [0.15, 0.2) is 0 Å². The van der Waals surface area contributed by atoms with Crippen molar-refractivity contribution in [3.8, 4) is 0 Å². The number of halogens is 2. The summed E-state index contributed by atoms with van der Waals surface area (Å²) >= 11 is 5.75. The first-order valence-corrected chi connectivity index (χ1v) is 7.98. The molecule has 3 nitrogen and oxygen atoms in total. The minimum absolute atomic E-state index is 0.235. The summed E-state index contributed by atoms with van der Waals surface area (Å²) in [5, 5.41) is 3.78. The summed E-state index contributed by atoms with van der Waals surface area (Å²) < 4.78 is 13.6. The van der Waals surface area contributed by atoms with Crippen molar-refractivity contribution in [1.29, 1.82) is 0 Å². The van der Waals surface area contributed by atoms with Crippen LogP contribution in [0.2, 0.25) is 5.02 Å². The molecule has 118 valence electrons. The largest absolute Gasteiger partial charge is 0.312 e. The van der Waals surface area contributed by atoms with Crippen LogP contribution in [0.3, 0.4) is 0 Å². The van der Waals surface area contributed by atoms with E-state index in [2.05, 4.69) is 29.1 Å². The highest BCUT2D eigenvalue weighted by Gasteiger charge is 2.15. The summed E-state index contributed by atoms with van der Waals surface area (Å²) in [4.78, 5) is 4.87. The number of hydrogen-bond acceptors (Lipinski definition) is 3. The zero-order valence-corrected chi connectivity index (χ0v) is 13.7. The van der Waals surface area contributed by atoms with Gasteiger partial charge < -0.3 is 15.1 Å². The summed E-state index contributed by atoms with van der Waals surface area (Å²) in [5.41, 5.74) is 0.672. The van der Waals surface area contributed by atoms with Gasteiger partial charge in [-0.05, 0) is 31.6 Å². The summed E-state index contributed by atoms with van der Waals surface area (Å²) in [6.07, 6.45) is 0. The van der Waals surface area contributed by atoms with E-state index in [1.165, 1.54) is 6.07 Å². The molecule has 0 saturated carbocycles. The Morgan fingerprint density at radius 3 is 2.67 bits per heavy atom. The van der Waals surface area contributed by atoms with Crippen LogP contribution in [0.4, 0.5) is 4.39 Å². The van der Waals surface area contributed by atoms with Crippen LogP contribution >= 0.6 is 11.6 Å². The van der Waals surface area contributed by atoms with E-state index in [1.807, 2.05) is 0 Å². The van der Waals surface area contributed by atoms with Crippen LogP contribution in [0, 0.1) is 11.7 Å². The summed E-state index contributed by atoms with van der Waals surface area (Å²) in [7, 11) is 2.17.